The van der Waals surface area contributed by atoms with Gasteiger partial charge in [-0.3, -0.25) is 0 Å². The van der Waals surface area contributed by atoms with Crippen LogP contribution in [0.15, 0.2) is 0 Å². The third-order valence-electron chi connectivity index (χ3n) is 0. The largest absolute Gasteiger partial charge is 2.00 e. The van der Waals surface area contributed by atoms with Crippen LogP contribution in [0.1, 0.15) is 0 Å². The maximum Gasteiger partial charge on any atom is 2.00 e. The van der Waals surface area contributed by atoms with Gasteiger partial charge in [0.1, 0.15) is 0 Å². The zero-order chi connectivity index (χ0) is 4.50. The summed E-state index contributed by atoms with van der Waals surface area (Å²) in [5.74, 6) is 0. The Morgan fingerprint density at radius 3 is 1.12 bits per heavy atom. The summed E-state index contributed by atoms with van der Waals surface area (Å²) in [6.45, 7) is 0. The van der Waals surface area contributed by atoms with Crippen LogP contribution in [0.25, 0.3) is 0 Å². The van der Waals surface area contributed by atoms with E-state index in [1.165, 1.54) is 0 Å². The molecule has 0 heterocycles. The van der Waals surface area contributed by atoms with Crippen molar-refractivity contribution in [3.8, 4) is 0 Å². The third-order valence-corrected chi connectivity index (χ3v) is 0. The topological polar surface area (TPSA) is 86.2 Å². The van der Waals surface area contributed by atoms with Gasteiger partial charge in [-0.1, -0.05) is 0 Å². The molecule has 43 valence electrons. The number of rotatable bonds is 0. The molecule has 0 aliphatic rings. The van der Waals surface area contributed by atoms with E-state index in [4.69, 9.17) is 19.2 Å². The average molecular weight is 213 g/mol. The van der Waals surface area contributed by atoms with Crippen LogP contribution in [0, 0.1) is 0 Å². The summed E-state index contributed by atoms with van der Waals surface area (Å²) >= 11 is 0. The maximum atomic E-state index is 8.55. The van der Waals surface area contributed by atoms with Crippen molar-refractivity contribution in [2.24, 2.45) is 0 Å². The van der Waals surface area contributed by atoms with E-state index < -0.39 is 7.82 Å². The molecule has 4 nitrogen and oxygen atoms in total. The van der Waals surface area contributed by atoms with Crippen molar-refractivity contribution >= 4 is 7.82 Å². The van der Waals surface area contributed by atoms with Gasteiger partial charge in [-0.05, 0) is 0 Å². The second-order valence-electron chi connectivity index (χ2n) is 0.447. The van der Waals surface area contributed by atoms with Crippen molar-refractivity contribution in [2.45, 2.75) is 0 Å². The Morgan fingerprint density at radius 1 is 1.12 bits per heavy atom. The predicted molar refractivity (Wildman–Crippen MR) is 7.61 cm³/mol. The van der Waals surface area contributed by atoms with Crippen molar-refractivity contribution < 1.29 is 72.2 Å². The van der Waals surface area contributed by atoms with Crippen LogP contribution in [0.4, 0.5) is 0 Å². The van der Waals surface area contributed by atoms with Crippen LogP contribution >= 0.6 is 7.82 Å². The SMILES string of the molecule is O=P([O-])([O-])[O-].[Fe+2].[Li+].[Mn+2]. The second-order valence-corrected chi connectivity index (χ2v) is 1.34. The van der Waals surface area contributed by atoms with Gasteiger partial charge >= 0.3 is 53.0 Å². The van der Waals surface area contributed by atoms with E-state index in [2.05, 4.69) is 0 Å². The van der Waals surface area contributed by atoms with Crippen LogP contribution < -0.4 is 33.5 Å². The van der Waals surface area contributed by atoms with E-state index in [1.54, 1.807) is 0 Å². The summed E-state index contributed by atoms with van der Waals surface area (Å²) in [6, 6.07) is 0. The van der Waals surface area contributed by atoms with Gasteiger partial charge in [0.2, 0.25) is 0 Å². The first-order chi connectivity index (χ1) is 2.00. The minimum absolute atomic E-state index is 0. The van der Waals surface area contributed by atoms with Crippen LogP contribution in [-0.2, 0) is 38.7 Å². The molecule has 0 unspecified atom stereocenters. The molecule has 0 rings (SSSR count). The minimum atomic E-state index is -5.39. The molecule has 0 fully saturated rings. The number of hydrogen-bond donors (Lipinski definition) is 0. The minimum Gasteiger partial charge on any atom is -0.822 e. The third kappa shape index (κ3) is 116. The normalized spacial score (nSPS) is 7.38. The molecule has 0 aromatic rings. The molecule has 0 atom stereocenters. The zero-order valence-corrected chi connectivity index (χ0v) is 6.99. The Bertz CT molecular complexity index is 62.2. The van der Waals surface area contributed by atoms with Crippen LogP contribution in [0.3, 0.4) is 0 Å². The second kappa shape index (κ2) is 8.75. The molecule has 1 radical (unpaired) electrons. The Balaban J connectivity index is -0.0000000267. The average Bonchev–Trinajstić information content (AvgIpc) is 0.722. The first-order valence-corrected chi connectivity index (χ1v) is 2.19. The molecule has 0 amide bonds. The van der Waals surface area contributed by atoms with E-state index in [1.807, 2.05) is 0 Å². The van der Waals surface area contributed by atoms with Gasteiger partial charge in [0.25, 0.3) is 0 Å². The molecule has 0 aliphatic carbocycles. The first kappa shape index (κ1) is 22.6. The van der Waals surface area contributed by atoms with Crippen LogP contribution in [0.2, 0.25) is 0 Å². The molecule has 0 aromatic carbocycles. The van der Waals surface area contributed by atoms with Gasteiger partial charge in [0.15, 0.2) is 0 Å². The Labute approximate surface area is 79.8 Å². The molecule has 0 saturated carbocycles. The summed E-state index contributed by atoms with van der Waals surface area (Å²) in [4.78, 5) is 25.6. The van der Waals surface area contributed by atoms with E-state index in [9.17, 15) is 0 Å². The van der Waals surface area contributed by atoms with E-state index in [0.29, 0.717) is 0 Å². The fraction of sp³-hybridized carbons (Fsp3) is 0. The first-order valence-electron chi connectivity index (χ1n) is 0.730. The fourth-order valence-corrected chi connectivity index (χ4v) is 0. The van der Waals surface area contributed by atoms with Crippen molar-refractivity contribution in [3.63, 3.8) is 0 Å². The number of phosphoric acid groups is 1. The smallest absolute Gasteiger partial charge is 0.822 e. The molecule has 0 aromatic heterocycles. The van der Waals surface area contributed by atoms with Crippen LogP contribution in [-0.4, -0.2) is 0 Å². The summed E-state index contributed by atoms with van der Waals surface area (Å²) in [5, 5.41) is 0. The fourth-order valence-electron chi connectivity index (χ4n) is 0. The molecule has 0 saturated heterocycles. The van der Waals surface area contributed by atoms with E-state index in [-0.39, 0.29) is 53.0 Å². The van der Waals surface area contributed by atoms with Gasteiger partial charge in [0, 0.05) is 0 Å². The zero-order valence-electron chi connectivity index (χ0n) is 3.81. The van der Waals surface area contributed by atoms with Gasteiger partial charge in [0.05, 0.1) is 0 Å². The molecule has 0 spiro atoms. The molecular weight excluding hydrogens is 213 g/mol. The van der Waals surface area contributed by atoms with E-state index >= 15 is 0 Å². The van der Waals surface area contributed by atoms with Crippen molar-refractivity contribution in [3.05, 3.63) is 0 Å². The Hall–Kier alpha value is 1.75. The number of hydrogen-bond acceptors (Lipinski definition) is 4. The van der Waals surface area contributed by atoms with Gasteiger partial charge < -0.3 is 19.2 Å². The van der Waals surface area contributed by atoms with Gasteiger partial charge in [-0.15, -0.1) is 0 Å². The molecule has 8 heteroatoms. The quantitative estimate of drug-likeness (QED) is 0.296. The van der Waals surface area contributed by atoms with Crippen molar-refractivity contribution in [2.75, 3.05) is 0 Å². The molecule has 0 N–H and O–H groups in total. The Morgan fingerprint density at radius 2 is 1.12 bits per heavy atom. The molecule has 8 heavy (non-hydrogen) atoms. The molecular formula is FeLiMnO4P+2. The van der Waals surface area contributed by atoms with Gasteiger partial charge in [-0.25, -0.2) is 0 Å². The van der Waals surface area contributed by atoms with Crippen molar-refractivity contribution in [1.29, 1.82) is 0 Å². The molecule has 0 bridgehead atoms. The molecule has 0 aliphatic heterocycles. The standard InChI is InChI=1S/Fe.Li.Mn.H3O4P/c;;;1-5(2,3)4/h;;;(H3,1,2,3,4)/q+2;+1;+2;/p-3. The summed E-state index contributed by atoms with van der Waals surface area (Å²) < 4.78 is 8.55. The van der Waals surface area contributed by atoms with Gasteiger partial charge in [-0.2, -0.15) is 7.82 Å². The predicted octanol–water partition coefficient (Wildman–Crippen LogP) is -5.83. The Kier molecular flexibility index (Phi) is 24.7. The van der Waals surface area contributed by atoms with Crippen molar-refractivity contribution in [1.82, 2.24) is 0 Å². The summed E-state index contributed by atoms with van der Waals surface area (Å²) in [7, 11) is -5.39. The monoisotopic (exact) mass is 213 g/mol. The van der Waals surface area contributed by atoms with E-state index in [0.717, 1.165) is 0 Å². The maximum absolute atomic E-state index is 8.55. The van der Waals surface area contributed by atoms with Crippen LogP contribution in [0.5, 0.6) is 0 Å². The summed E-state index contributed by atoms with van der Waals surface area (Å²) in [6.07, 6.45) is 0. The summed E-state index contributed by atoms with van der Waals surface area (Å²) in [5.41, 5.74) is 0.